The number of hydrogen-bond donors (Lipinski definition) is 0. The molecule has 2 saturated heterocycles. The van der Waals surface area contributed by atoms with Crippen molar-refractivity contribution in [3.05, 3.63) is 29.6 Å². The van der Waals surface area contributed by atoms with Crippen LogP contribution in [0.1, 0.15) is 41.7 Å². The summed E-state index contributed by atoms with van der Waals surface area (Å²) in [4.78, 5) is 16.5. The maximum atomic E-state index is 12.4. The van der Waals surface area contributed by atoms with Crippen molar-refractivity contribution in [2.45, 2.75) is 43.1 Å². The number of fused-ring (bicyclic) bond motifs is 2. The maximum Gasteiger partial charge on any atom is 0.184 e. The van der Waals surface area contributed by atoms with Gasteiger partial charge in [-0.25, -0.2) is 8.42 Å². The highest BCUT2D eigenvalue weighted by Crippen LogP contribution is 2.42. The standard InChI is InChI=1S/C14H17NO3S/c1-9-4-5-15-13(6-9)14(16)10-7-11-2-3-12(8-10)19(11,17)18/h4-6,10-12H,2-3,7-8H2,1H3. The fourth-order valence-corrected chi connectivity index (χ4v) is 5.78. The summed E-state index contributed by atoms with van der Waals surface area (Å²) in [6.45, 7) is 1.92. The van der Waals surface area contributed by atoms with Crippen LogP contribution in [0.25, 0.3) is 0 Å². The molecular formula is C14H17NO3S. The molecule has 2 aliphatic heterocycles. The lowest BCUT2D eigenvalue weighted by atomic mass is 9.92. The van der Waals surface area contributed by atoms with E-state index in [1.54, 1.807) is 12.3 Å². The quantitative estimate of drug-likeness (QED) is 0.776. The second-order valence-corrected chi connectivity index (χ2v) is 8.17. The van der Waals surface area contributed by atoms with Crippen LogP contribution >= 0.6 is 0 Å². The van der Waals surface area contributed by atoms with Gasteiger partial charge in [0.05, 0.1) is 10.5 Å². The minimum Gasteiger partial charge on any atom is -0.292 e. The van der Waals surface area contributed by atoms with Gasteiger partial charge in [-0.3, -0.25) is 9.78 Å². The van der Waals surface area contributed by atoms with Gasteiger partial charge in [0.15, 0.2) is 15.6 Å². The molecule has 2 fully saturated rings. The molecule has 0 aromatic carbocycles. The van der Waals surface area contributed by atoms with Crippen molar-refractivity contribution in [2.75, 3.05) is 0 Å². The van der Waals surface area contributed by atoms with Gasteiger partial charge in [-0.1, -0.05) is 0 Å². The van der Waals surface area contributed by atoms with Gasteiger partial charge in [0.25, 0.3) is 0 Å². The first kappa shape index (κ1) is 12.8. The summed E-state index contributed by atoms with van der Waals surface area (Å²) in [5.74, 6) is -0.161. The lowest BCUT2D eigenvalue weighted by Crippen LogP contribution is -2.36. The third-order valence-electron chi connectivity index (χ3n) is 4.37. The molecule has 2 atom stereocenters. The zero-order valence-corrected chi connectivity index (χ0v) is 11.7. The average molecular weight is 279 g/mol. The van der Waals surface area contributed by atoms with E-state index in [4.69, 9.17) is 0 Å². The Balaban J connectivity index is 1.84. The largest absolute Gasteiger partial charge is 0.292 e. The fourth-order valence-electron chi connectivity index (χ4n) is 3.30. The van der Waals surface area contributed by atoms with Crippen LogP contribution in [-0.4, -0.2) is 29.7 Å². The van der Waals surface area contributed by atoms with Crippen molar-refractivity contribution < 1.29 is 13.2 Å². The monoisotopic (exact) mass is 279 g/mol. The van der Waals surface area contributed by atoms with Gasteiger partial charge >= 0.3 is 0 Å². The Morgan fingerprint density at radius 1 is 1.26 bits per heavy atom. The van der Waals surface area contributed by atoms with E-state index in [0.717, 1.165) is 18.4 Å². The lowest BCUT2D eigenvalue weighted by molar-refractivity contribution is 0.0900. The van der Waals surface area contributed by atoms with E-state index in [1.165, 1.54) is 0 Å². The Bertz CT molecular complexity index is 603. The van der Waals surface area contributed by atoms with E-state index >= 15 is 0 Å². The predicted octanol–water partition coefficient (Wildman–Crippen LogP) is 1.93. The van der Waals surface area contributed by atoms with Crippen LogP contribution in [0.15, 0.2) is 18.3 Å². The van der Waals surface area contributed by atoms with Crippen molar-refractivity contribution in [3.8, 4) is 0 Å². The number of carbonyl (C=O) groups excluding carboxylic acids is 1. The molecule has 0 spiro atoms. The molecule has 0 radical (unpaired) electrons. The number of Topliss-reactive ketones (excluding diaryl/α,β-unsaturated/α-hetero) is 1. The maximum absolute atomic E-state index is 12.4. The second-order valence-electron chi connectivity index (χ2n) is 5.66. The highest BCUT2D eigenvalue weighted by Gasteiger charge is 2.48. The highest BCUT2D eigenvalue weighted by molar-refractivity contribution is 7.93. The third kappa shape index (κ3) is 2.10. The number of nitrogens with zero attached hydrogens (tertiary/aromatic N) is 1. The van der Waals surface area contributed by atoms with Gasteiger partial charge in [0.1, 0.15) is 5.69 Å². The molecule has 0 aliphatic carbocycles. The zero-order valence-electron chi connectivity index (χ0n) is 10.9. The molecule has 4 nitrogen and oxygen atoms in total. The third-order valence-corrected chi connectivity index (χ3v) is 7.09. The number of aromatic nitrogens is 1. The summed E-state index contributed by atoms with van der Waals surface area (Å²) in [5, 5.41) is -0.602. The summed E-state index contributed by atoms with van der Waals surface area (Å²) >= 11 is 0. The Kier molecular flexibility index (Phi) is 2.96. The molecule has 2 unspecified atom stereocenters. The van der Waals surface area contributed by atoms with Gasteiger partial charge in [0.2, 0.25) is 0 Å². The first-order valence-electron chi connectivity index (χ1n) is 6.68. The number of carbonyl (C=O) groups is 1. The van der Waals surface area contributed by atoms with E-state index in [-0.39, 0.29) is 22.2 Å². The van der Waals surface area contributed by atoms with Crippen molar-refractivity contribution in [2.24, 2.45) is 5.92 Å². The minimum absolute atomic E-state index is 0.00972. The van der Waals surface area contributed by atoms with Crippen molar-refractivity contribution >= 4 is 15.6 Å². The lowest BCUT2D eigenvalue weighted by Gasteiger charge is -2.26. The van der Waals surface area contributed by atoms with E-state index < -0.39 is 9.84 Å². The van der Waals surface area contributed by atoms with Crippen LogP contribution in [0.4, 0.5) is 0 Å². The Hall–Kier alpha value is -1.23. The average Bonchev–Trinajstić information content (AvgIpc) is 2.58. The van der Waals surface area contributed by atoms with Crippen LogP contribution in [0, 0.1) is 12.8 Å². The van der Waals surface area contributed by atoms with Gasteiger partial charge in [-0.2, -0.15) is 0 Å². The van der Waals surface area contributed by atoms with E-state index in [0.29, 0.717) is 18.5 Å². The van der Waals surface area contributed by atoms with Crippen LogP contribution in [0.5, 0.6) is 0 Å². The molecule has 0 amide bonds. The molecule has 19 heavy (non-hydrogen) atoms. The Labute approximate surface area is 113 Å². The first-order valence-corrected chi connectivity index (χ1v) is 8.29. The summed E-state index contributed by atoms with van der Waals surface area (Å²) in [5.41, 5.74) is 1.48. The predicted molar refractivity (Wildman–Crippen MR) is 71.8 cm³/mol. The fraction of sp³-hybridized carbons (Fsp3) is 0.571. The van der Waals surface area contributed by atoms with E-state index in [2.05, 4.69) is 4.98 Å². The van der Waals surface area contributed by atoms with Crippen LogP contribution in [-0.2, 0) is 9.84 Å². The number of rotatable bonds is 2. The number of aryl methyl sites for hydroxylation is 1. The Morgan fingerprint density at radius 3 is 2.47 bits per heavy atom. The smallest absolute Gasteiger partial charge is 0.184 e. The van der Waals surface area contributed by atoms with Gasteiger partial charge in [0, 0.05) is 12.1 Å². The normalized spacial score (nSPS) is 32.2. The molecule has 2 aliphatic rings. The molecule has 3 rings (SSSR count). The van der Waals surface area contributed by atoms with Gasteiger partial charge < -0.3 is 0 Å². The molecule has 1 aromatic rings. The van der Waals surface area contributed by atoms with E-state index in [9.17, 15) is 13.2 Å². The molecule has 5 heteroatoms. The number of sulfone groups is 1. The summed E-state index contributed by atoms with van der Waals surface area (Å²) in [7, 11) is -2.96. The highest BCUT2D eigenvalue weighted by atomic mass is 32.2. The topological polar surface area (TPSA) is 64.1 Å². The van der Waals surface area contributed by atoms with Crippen molar-refractivity contribution in [1.82, 2.24) is 4.98 Å². The molecule has 0 N–H and O–H groups in total. The summed E-state index contributed by atoms with van der Waals surface area (Å²) in [6.07, 6.45) is 4.04. The SMILES string of the molecule is Cc1ccnc(C(=O)C2CC3CCC(C2)S3(=O)=O)c1. The van der Waals surface area contributed by atoms with Gasteiger partial charge in [-0.05, 0) is 50.3 Å². The van der Waals surface area contributed by atoms with Crippen molar-refractivity contribution in [3.63, 3.8) is 0 Å². The number of pyridine rings is 1. The summed E-state index contributed by atoms with van der Waals surface area (Å²) in [6, 6.07) is 3.64. The second kappa shape index (κ2) is 4.40. The first-order chi connectivity index (χ1) is 8.98. The van der Waals surface area contributed by atoms with Crippen LogP contribution in [0.3, 0.4) is 0 Å². The molecular weight excluding hydrogens is 262 g/mol. The Morgan fingerprint density at radius 2 is 1.89 bits per heavy atom. The molecule has 102 valence electrons. The number of ketones is 1. The molecule has 2 bridgehead atoms. The molecule has 0 saturated carbocycles. The summed E-state index contributed by atoms with van der Waals surface area (Å²) < 4.78 is 24.0. The minimum atomic E-state index is -2.96. The molecule has 1 aromatic heterocycles. The number of hydrogen-bond acceptors (Lipinski definition) is 4. The van der Waals surface area contributed by atoms with Crippen molar-refractivity contribution in [1.29, 1.82) is 0 Å². The van der Waals surface area contributed by atoms with Crippen LogP contribution in [0.2, 0.25) is 0 Å². The zero-order chi connectivity index (χ0) is 13.6. The van der Waals surface area contributed by atoms with Gasteiger partial charge in [-0.15, -0.1) is 0 Å². The van der Waals surface area contributed by atoms with Crippen LogP contribution < -0.4 is 0 Å². The molecule has 3 heterocycles. The van der Waals surface area contributed by atoms with E-state index in [1.807, 2.05) is 13.0 Å².